The van der Waals surface area contributed by atoms with Crippen molar-refractivity contribution < 1.29 is 4.79 Å². The van der Waals surface area contributed by atoms with Crippen molar-refractivity contribution >= 4 is 39.2 Å². The van der Waals surface area contributed by atoms with Crippen LogP contribution in [0.1, 0.15) is 12.8 Å². The predicted molar refractivity (Wildman–Crippen MR) is 143 cm³/mol. The van der Waals surface area contributed by atoms with Gasteiger partial charge in [0.15, 0.2) is 5.82 Å². The lowest BCUT2D eigenvalue weighted by Crippen LogP contribution is -2.44. The third kappa shape index (κ3) is 4.09. The van der Waals surface area contributed by atoms with E-state index in [1.165, 1.54) is 0 Å². The van der Waals surface area contributed by atoms with E-state index < -0.39 is 0 Å². The van der Waals surface area contributed by atoms with Crippen LogP contribution in [0.15, 0.2) is 48.9 Å². The summed E-state index contributed by atoms with van der Waals surface area (Å²) in [5.74, 6) is 0.899. The first-order valence-electron chi connectivity index (χ1n) is 12.7. The van der Waals surface area contributed by atoms with Crippen LogP contribution < -0.4 is 10.2 Å². The lowest BCUT2D eigenvalue weighted by atomic mass is 10.1. The molecule has 1 aromatic carbocycles. The smallest absolute Gasteiger partial charge is 0.227 e. The van der Waals surface area contributed by atoms with E-state index in [9.17, 15) is 4.79 Å². The standard InChI is InChI=1S/C27H27N9O/c1-35-7-9-36(10-8-35)23-4-2-3-20-25(23)32-26(31-20)24-19-12-21(29-15-22(19)33-34-24)17-11-18(14-28-13-17)30-27(37)16-5-6-16/h2-4,11-16H,5-10H2,1H3,(H,30,37)(H,31,32)(H,33,34). The number of nitrogens with one attached hydrogen (secondary N) is 3. The van der Waals surface area contributed by atoms with Gasteiger partial charge in [0, 0.05) is 49.2 Å². The van der Waals surface area contributed by atoms with E-state index in [4.69, 9.17) is 4.98 Å². The normalized spacial score (nSPS) is 16.5. The highest BCUT2D eigenvalue weighted by Crippen LogP contribution is 2.33. The van der Waals surface area contributed by atoms with Crippen LogP contribution in [0.3, 0.4) is 0 Å². The van der Waals surface area contributed by atoms with Crippen molar-refractivity contribution in [1.29, 1.82) is 0 Å². The highest BCUT2D eigenvalue weighted by Gasteiger charge is 2.29. The number of carbonyl (C=O) groups is 1. The van der Waals surface area contributed by atoms with Gasteiger partial charge in [-0.05, 0) is 44.2 Å². The van der Waals surface area contributed by atoms with E-state index in [0.717, 1.165) is 83.6 Å². The minimum Gasteiger partial charge on any atom is -0.367 e. The molecule has 1 aliphatic heterocycles. The van der Waals surface area contributed by atoms with Crippen LogP contribution >= 0.6 is 0 Å². The number of piperazine rings is 1. The maximum atomic E-state index is 12.2. The van der Waals surface area contributed by atoms with Crippen molar-refractivity contribution in [3.63, 3.8) is 0 Å². The molecule has 1 aliphatic carbocycles. The molecular formula is C27H27N9O. The zero-order chi connectivity index (χ0) is 24.9. The van der Waals surface area contributed by atoms with Crippen molar-refractivity contribution in [2.45, 2.75) is 12.8 Å². The first-order valence-corrected chi connectivity index (χ1v) is 12.7. The van der Waals surface area contributed by atoms with Crippen LogP contribution in [0.25, 0.3) is 44.7 Å². The van der Waals surface area contributed by atoms with E-state index >= 15 is 0 Å². The summed E-state index contributed by atoms with van der Waals surface area (Å²) in [6.45, 7) is 4.03. The first kappa shape index (κ1) is 21.9. The minimum absolute atomic E-state index is 0.0558. The Hall–Kier alpha value is -4.31. The summed E-state index contributed by atoms with van der Waals surface area (Å²) in [5, 5.41) is 11.5. The van der Waals surface area contributed by atoms with Gasteiger partial charge in [0.1, 0.15) is 11.2 Å². The molecule has 186 valence electrons. The third-order valence-corrected chi connectivity index (χ3v) is 7.26. The van der Waals surface area contributed by atoms with Crippen LogP contribution in [-0.4, -0.2) is 74.2 Å². The SMILES string of the molecule is CN1CCN(c2cccc3[nH]c(-c4n[nH]c5cnc(-c6cncc(NC(=O)C7CC7)c6)cc45)nc23)CC1. The molecule has 1 saturated heterocycles. The van der Waals surface area contributed by atoms with Gasteiger partial charge in [-0.25, -0.2) is 4.98 Å². The maximum Gasteiger partial charge on any atom is 0.227 e. The number of aromatic nitrogens is 6. The Morgan fingerprint density at radius 2 is 1.92 bits per heavy atom. The summed E-state index contributed by atoms with van der Waals surface area (Å²) in [5.41, 5.74) is 6.90. The number of anilines is 2. The molecule has 2 fully saturated rings. The number of benzene rings is 1. The quantitative estimate of drug-likeness (QED) is 0.342. The van der Waals surface area contributed by atoms with Gasteiger partial charge in [0.05, 0.1) is 40.5 Å². The number of aromatic amines is 2. The Labute approximate surface area is 213 Å². The van der Waals surface area contributed by atoms with E-state index in [0.29, 0.717) is 11.5 Å². The van der Waals surface area contributed by atoms with E-state index in [2.05, 4.69) is 65.5 Å². The van der Waals surface area contributed by atoms with Crippen molar-refractivity contribution in [1.82, 2.24) is 35.0 Å². The number of hydrogen-bond acceptors (Lipinski definition) is 7. The van der Waals surface area contributed by atoms with Crippen LogP contribution in [0.4, 0.5) is 11.4 Å². The number of amides is 1. The number of nitrogens with zero attached hydrogens (tertiary/aromatic N) is 6. The van der Waals surface area contributed by atoms with Gasteiger partial charge in [-0.3, -0.25) is 19.9 Å². The van der Waals surface area contributed by atoms with Gasteiger partial charge >= 0.3 is 0 Å². The largest absolute Gasteiger partial charge is 0.367 e. The summed E-state index contributed by atoms with van der Waals surface area (Å²) in [7, 11) is 2.16. The molecule has 5 heterocycles. The Kier molecular flexibility index (Phi) is 5.14. The summed E-state index contributed by atoms with van der Waals surface area (Å²) in [6, 6.07) is 10.2. The summed E-state index contributed by atoms with van der Waals surface area (Å²) in [6.07, 6.45) is 7.11. The molecule has 3 N–H and O–H groups in total. The zero-order valence-corrected chi connectivity index (χ0v) is 20.5. The highest BCUT2D eigenvalue weighted by atomic mass is 16.2. The maximum absolute atomic E-state index is 12.2. The van der Waals surface area contributed by atoms with Crippen molar-refractivity contribution in [3.8, 4) is 22.8 Å². The predicted octanol–water partition coefficient (Wildman–Crippen LogP) is 3.66. The molecule has 0 bridgehead atoms. The number of imidazole rings is 1. The van der Waals surface area contributed by atoms with Crippen LogP contribution in [0.5, 0.6) is 0 Å². The topological polar surface area (TPSA) is 119 Å². The molecule has 37 heavy (non-hydrogen) atoms. The van der Waals surface area contributed by atoms with Crippen LogP contribution in [-0.2, 0) is 4.79 Å². The molecule has 1 amide bonds. The molecule has 2 aliphatic rings. The molecular weight excluding hydrogens is 466 g/mol. The molecule has 0 radical (unpaired) electrons. The second-order valence-electron chi connectivity index (χ2n) is 9.96. The molecule has 1 saturated carbocycles. The average molecular weight is 494 g/mol. The fourth-order valence-electron chi connectivity index (χ4n) is 4.93. The molecule has 0 unspecified atom stereocenters. The van der Waals surface area contributed by atoms with Gasteiger partial charge in [-0.1, -0.05) is 6.07 Å². The van der Waals surface area contributed by atoms with Gasteiger partial charge < -0.3 is 20.1 Å². The molecule has 10 nitrogen and oxygen atoms in total. The molecule has 5 aromatic rings. The number of fused-ring (bicyclic) bond motifs is 2. The van der Waals surface area contributed by atoms with Gasteiger partial charge in [-0.15, -0.1) is 0 Å². The number of para-hydroxylation sites is 1. The van der Waals surface area contributed by atoms with E-state index in [1.807, 2.05) is 12.1 Å². The van der Waals surface area contributed by atoms with E-state index in [1.54, 1.807) is 18.6 Å². The second-order valence-corrected chi connectivity index (χ2v) is 9.96. The number of hydrogen-bond donors (Lipinski definition) is 3. The molecule has 7 rings (SSSR count). The third-order valence-electron chi connectivity index (χ3n) is 7.26. The summed E-state index contributed by atoms with van der Waals surface area (Å²) < 4.78 is 0. The van der Waals surface area contributed by atoms with Gasteiger partial charge in [0.25, 0.3) is 0 Å². The lowest BCUT2D eigenvalue weighted by molar-refractivity contribution is -0.117. The monoisotopic (exact) mass is 493 g/mol. The van der Waals surface area contributed by atoms with Crippen molar-refractivity contribution in [3.05, 3.63) is 48.9 Å². The van der Waals surface area contributed by atoms with Crippen molar-refractivity contribution in [2.24, 2.45) is 5.92 Å². The number of carbonyl (C=O) groups excluding carboxylic acids is 1. The Balaban J connectivity index is 1.24. The summed E-state index contributed by atoms with van der Waals surface area (Å²) in [4.78, 5) is 34.4. The second kappa shape index (κ2) is 8.67. The number of likely N-dealkylation sites (N-methyl/N-ethyl adjacent to an activating group) is 1. The van der Waals surface area contributed by atoms with Crippen molar-refractivity contribution in [2.75, 3.05) is 43.4 Å². The number of H-pyrrole nitrogens is 2. The first-order chi connectivity index (χ1) is 18.1. The van der Waals surface area contributed by atoms with Crippen LogP contribution in [0, 0.1) is 5.92 Å². The Morgan fingerprint density at radius 3 is 2.76 bits per heavy atom. The fourth-order valence-corrected chi connectivity index (χ4v) is 4.93. The lowest BCUT2D eigenvalue weighted by Gasteiger charge is -2.34. The number of pyridine rings is 2. The van der Waals surface area contributed by atoms with Gasteiger partial charge in [-0.2, -0.15) is 5.10 Å². The van der Waals surface area contributed by atoms with Gasteiger partial charge in [0.2, 0.25) is 5.91 Å². The zero-order valence-electron chi connectivity index (χ0n) is 20.5. The average Bonchev–Trinajstić information content (AvgIpc) is 3.55. The Bertz CT molecular complexity index is 1630. The van der Waals surface area contributed by atoms with E-state index in [-0.39, 0.29) is 11.8 Å². The highest BCUT2D eigenvalue weighted by molar-refractivity contribution is 5.97. The fraction of sp³-hybridized carbons (Fsp3) is 0.296. The molecule has 4 aromatic heterocycles. The minimum atomic E-state index is 0.0558. The molecule has 10 heteroatoms. The Morgan fingerprint density at radius 1 is 1.05 bits per heavy atom. The number of rotatable bonds is 5. The summed E-state index contributed by atoms with van der Waals surface area (Å²) >= 11 is 0. The van der Waals surface area contributed by atoms with Crippen LogP contribution in [0.2, 0.25) is 0 Å². The molecule has 0 spiro atoms. The molecule has 0 atom stereocenters.